The zero-order chi connectivity index (χ0) is 17.1. The number of fused-ring (bicyclic) bond motifs is 3. The van der Waals surface area contributed by atoms with Crippen LogP contribution in [0.4, 0.5) is 0 Å². The predicted molar refractivity (Wildman–Crippen MR) is 96.8 cm³/mol. The van der Waals surface area contributed by atoms with Gasteiger partial charge in [-0.1, -0.05) is 37.7 Å². The molecule has 0 aliphatic heterocycles. The number of para-hydroxylation sites is 1. The third-order valence-electron chi connectivity index (χ3n) is 3.93. The molecule has 2 heterocycles. The van der Waals surface area contributed by atoms with Crippen molar-refractivity contribution in [3.8, 4) is 0 Å². The van der Waals surface area contributed by atoms with Gasteiger partial charge in [0.15, 0.2) is 5.16 Å². The normalized spacial score (nSPS) is 11.8. The Kier molecular flexibility index (Phi) is 5.20. The fourth-order valence-corrected chi connectivity index (χ4v) is 3.47. The van der Waals surface area contributed by atoms with Crippen LogP contribution in [-0.2, 0) is 11.3 Å². The lowest BCUT2D eigenvalue weighted by Crippen LogP contribution is -2.24. The van der Waals surface area contributed by atoms with Crippen LogP contribution in [-0.4, -0.2) is 38.6 Å². The number of ether oxygens (including phenoxy) is 1. The van der Waals surface area contributed by atoms with Gasteiger partial charge in [-0.2, -0.15) is 0 Å². The van der Waals surface area contributed by atoms with Gasteiger partial charge < -0.3 is 4.74 Å². The van der Waals surface area contributed by atoms with Gasteiger partial charge in [-0.05, 0) is 24.5 Å². The first-order valence-corrected chi connectivity index (χ1v) is 9.10. The van der Waals surface area contributed by atoms with E-state index in [9.17, 15) is 4.79 Å². The summed E-state index contributed by atoms with van der Waals surface area (Å²) in [5, 5.41) is 10.1. The Hall–Kier alpha value is -1.86. The molecule has 0 atom stereocenters. The number of nitrogens with zero attached hydrogens (tertiary/aromatic N) is 4. The van der Waals surface area contributed by atoms with E-state index >= 15 is 0 Å². The molecule has 24 heavy (non-hydrogen) atoms. The third-order valence-corrected chi connectivity index (χ3v) is 4.82. The molecular formula is C17H22N4O2S. The van der Waals surface area contributed by atoms with E-state index in [-0.39, 0.29) is 5.56 Å². The maximum atomic E-state index is 12.9. The molecule has 0 spiro atoms. The molecule has 128 valence electrons. The Morgan fingerprint density at radius 2 is 2.04 bits per heavy atom. The third kappa shape index (κ3) is 3.18. The van der Waals surface area contributed by atoms with Crippen LogP contribution in [0.2, 0.25) is 0 Å². The number of thioether (sulfide) groups is 1. The first kappa shape index (κ1) is 17.0. The summed E-state index contributed by atoms with van der Waals surface area (Å²) in [5.74, 6) is 1.91. The molecule has 3 aromatic rings. The van der Waals surface area contributed by atoms with Gasteiger partial charge in [0.05, 0.1) is 17.5 Å². The Labute approximate surface area is 144 Å². The fourth-order valence-electron chi connectivity index (χ4n) is 2.63. The van der Waals surface area contributed by atoms with Gasteiger partial charge in [0, 0.05) is 19.4 Å². The molecule has 6 nitrogen and oxygen atoms in total. The van der Waals surface area contributed by atoms with Crippen molar-refractivity contribution in [1.29, 1.82) is 0 Å². The van der Waals surface area contributed by atoms with E-state index in [4.69, 9.17) is 4.74 Å². The minimum Gasteiger partial charge on any atom is -0.384 e. The SMILES string of the molecule is COCCSc1nnc2n(CCC(C)C)c(=O)c3ccccc3n12. The van der Waals surface area contributed by atoms with Crippen molar-refractivity contribution in [2.24, 2.45) is 5.92 Å². The Balaban J connectivity index is 2.19. The first-order valence-electron chi connectivity index (χ1n) is 8.12. The average molecular weight is 346 g/mol. The molecule has 0 fully saturated rings. The number of methoxy groups -OCH3 is 1. The lowest BCUT2D eigenvalue weighted by molar-refractivity contribution is 0.218. The van der Waals surface area contributed by atoms with Crippen LogP contribution >= 0.6 is 11.8 Å². The number of aromatic nitrogens is 4. The Morgan fingerprint density at radius 1 is 1.25 bits per heavy atom. The molecule has 0 bridgehead atoms. The molecule has 0 saturated carbocycles. The van der Waals surface area contributed by atoms with E-state index in [1.54, 1.807) is 23.4 Å². The molecule has 0 unspecified atom stereocenters. The summed E-state index contributed by atoms with van der Waals surface area (Å²) in [4.78, 5) is 12.9. The topological polar surface area (TPSA) is 61.4 Å². The van der Waals surface area contributed by atoms with Crippen molar-refractivity contribution < 1.29 is 4.74 Å². The molecule has 7 heteroatoms. The van der Waals surface area contributed by atoms with E-state index in [0.717, 1.165) is 22.8 Å². The fraction of sp³-hybridized carbons (Fsp3) is 0.471. The van der Waals surface area contributed by atoms with Crippen molar-refractivity contribution in [1.82, 2.24) is 19.2 Å². The van der Waals surface area contributed by atoms with Gasteiger partial charge in [-0.25, -0.2) is 0 Å². The summed E-state index contributed by atoms with van der Waals surface area (Å²) in [6, 6.07) is 7.64. The Morgan fingerprint density at radius 3 is 2.79 bits per heavy atom. The zero-order valence-electron chi connectivity index (χ0n) is 14.2. The average Bonchev–Trinajstić information content (AvgIpc) is 2.99. The minimum absolute atomic E-state index is 0.000378. The zero-order valence-corrected chi connectivity index (χ0v) is 15.0. The van der Waals surface area contributed by atoms with Gasteiger partial charge in [0.25, 0.3) is 5.56 Å². The molecular weight excluding hydrogens is 324 g/mol. The highest BCUT2D eigenvalue weighted by Gasteiger charge is 2.16. The van der Waals surface area contributed by atoms with Gasteiger partial charge >= 0.3 is 0 Å². The standard InChI is InChI=1S/C17H22N4O2S/c1-12(2)8-9-20-15(22)13-6-4-5-7-14(13)21-16(20)18-19-17(21)24-11-10-23-3/h4-7,12H,8-11H2,1-3H3. The second-order valence-corrected chi connectivity index (χ2v) is 7.18. The number of hydrogen-bond acceptors (Lipinski definition) is 5. The summed E-state index contributed by atoms with van der Waals surface area (Å²) in [7, 11) is 1.68. The van der Waals surface area contributed by atoms with E-state index in [1.807, 2.05) is 28.7 Å². The maximum absolute atomic E-state index is 12.9. The largest absolute Gasteiger partial charge is 0.384 e. The van der Waals surface area contributed by atoms with Crippen LogP contribution in [0.5, 0.6) is 0 Å². The number of rotatable bonds is 7. The second kappa shape index (κ2) is 7.36. The van der Waals surface area contributed by atoms with Crippen molar-refractivity contribution >= 4 is 28.4 Å². The molecule has 3 rings (SSSR count). The predicted octanol–water partition coefficient (Wildman–Crippen LogP) is 2.83. The van der Waals surface area contributed by atoms with E-state index in [2.05, 4.69) is 24.0 Å². The highest BCUT2D eigenvalue weighted by molar-refractivity contribution is 7.99. The molecule has 0 saturated heterocycles. The van der Waals surface area contributed by atoms with Crippen molar-refractivity contribution in [3.63, 3.8) is 0 Å². The van der Waals surface area contributed by atoms with Crippen LogP contribution in [0.25, 0.3) is 16.7 Å². The highest BCUT2D eigenvalue weighted by Crippen LogP contribution is 2.21. The quantitative estimate of drug-likeness (QED) is 0.486. The molecule has 0 amide bonds. The first-order chi connectivity index (χ1) is 11.6. The number of hydrogen-bond donors (Lipinski definition) is 0. The van der Waals surface area contributed by atoms with Gasteiger partial charge in [-0.15, -0.1) is 10.2 Å². The Bertz CT molecular complexity index is 901. The molecule has 1 aromatic carbocycles. The number of aryl methyl sites for hydroxylation is 1. The van der Waals surface area contributed by atoms with Crippen molar-refractivity contribution in [2.45, 2.75) is 32.0 Å². The lowest BCUT2D eigenvalue weighted by Gasteiger charge is -2.12. The molecule has 0 aliphatic rings. The minimum atomic E-state index is -0.000378. The van der Waals surface area contributed by atoms with Gasteiger partial charge in [0.2, 0.25) is 5.78 Å². The van der Waals surface area contributed by atoms with E-state index < -0.39 is 0 Å². The van der Waals surface area contributed by atoms with Crippen molar-refractivity contribution in [3.05, 3.63) is 34.6 Å². The summed E-state index contributed by atoms with van der Waals surface area (Å²) < 4.78 is 8.84. The molecule has 0 radical (unpaired) electrons. The summed E-state index contributed by atoms with van der Waals surface area (Å²) in [6.07, 6.45) is 0.924. The van der Waals surface area contributed by atoms with Crippen LogP contribution in [0.15, 0.2) is 34.2 Å². The van der Waals surface area contributed by atoms with Gasteiger partial charge in [-0.3, -0.25) is 13.8 Å². The lowest BCUT2D eigenvalue weighted by atomic mass is 10.1. The summed E-state index contributed by atoms with van der Waals surface area (Å²) >= 11 is 1.58. The van der Waals surface area contributed by atoms with Crippen LogP contribution in [0.1, 0.15) is 20.3 Å². The molecule has 0 N–H and O–H groups in total. The van der Waals surface area contributed by atoms with E-state index in [0.29, 0.717) is 30.2 Å². The maximum Gasteiger partial charge on any atom is 0.262 e. The smallest absolute Gasteiger partial charge is 0.262 e. The number of benzene rings is 1. The summed E-state index contributed by atoms with van der Waals surface area (Å²) in [5.41, 5.74) is 0.850. The van der Waals surface area contributed by atoms with Crippen molar-refractivity contribution in [2.75, 3.05) is 19.5 Å². The van der Waals surface area contributed by atoms with Crippen LogP contribution < -0.4 is 5.56 Å². The summed E-state index contributed by atoms with van der Waals surface area (Å²) in [6.45, 7) is 5.59. The molecule has 0 aliphatic carbocycles. The monoisotopic (exact) mass is 346 g/mol. The van der Waals surface area contributed by atoms with Crippen LogP contribution in [0.3, 0.4) is 0 Å². The highest BCUT2D eigenvalue weighted by atomic mass is 32.2. The van der Waals surface area contributed by atoms with Crippen LogP contribution in [0, 0.1) is 5.92 Å². The van der Waals surface area contributed by atoms with E-state index in [1.165, 1.54) is 0 Å². The molecule has 2 aromatic heterocycles. The second-order valence-electron chi connectivity index (χ2n) is 6.12. The van der Waals surface area contributed by atoms with Gasteiger partial charge in [0.1, 0.15) is 0 Å².